The first-order valence-electron chi connectivity index (χ1n) is 20.2. The van der Waals surface area contributed by atoms with Gasteiger partial charge in [0, 0.05) is 46.3 Å². The molecule has 7 rings (SSSR count). The lowest BCUT2D eigenvalue weighted by molar-refractivity contribution is 0.214. The third-order valence-electron chi connectivity index (χ3n) is 9.35. The summed E-state index contributed by atoms with van der Waals surface area (Å²) in [5, 5.41) is 15.7. The fraction of sp³-hybridized carbons (Fsp3) is 0.0417. The molecular formula is C48H40N6O12S2. The highest BCUT2D eigenvalue weighted by Crippen LogP contribution is 2.28. The Balaban J connectivity index is 0.940. The van der Waals surface area contributed by atoms with E-state index in [1.807, 2.05) is 0 Å². The molecule has 0 aliphatic carbocycles. The van der Waals surface area contributed by atoms with E-state index in [9.17, 15) is 36.0 Å². The van der Waals surface area contributed by atoms with Crippen LogP contribution in [-0.2, 0) is 20.2 Å². The van der Waals surface area contributed by atoms with Crippen molar-refractivity contribution in [1.82, 2.24) is 0 Å². The molecule has 7 aromatic rings. The van der Waals surface area contributed by atoms with Crippen LogP contribution in [0.5, 0.6) is 23.0 Å². The van der Waals surface area contributed by atoms with E-state index < -0.39 is 54.3 Å². The van der Waals surface area contributed by atoms with Gasteiger partial charge >= 0.3 is 44.5 Å². The number of aryl methyl sites for hydroxylation is 2. The molecule has 0 heterocycles. The molecule has 0 aliphatic rings. The molecule has 20 heteroatoms. The highest BCUT2D eigenvalue weighted by Gasteiger charge is 2.24. The number of hydrogen-bond donors (Lipinski definition) is 6. The number of hydrogen-bond acceptors (Lipinski definition) is 12. The van der Waals surface area contributed by atoms with Crippen molar-refractivity contribution < 1.29 is 53.9 Å². The van der Waals surface area contributed by atoms with Gasteiger partial charge in [-0.25, -0.2) is 19.2 Å². The summed E-state index contributed by atoms with van der Waals surface area (Å²) in [5.74, 6) is 0.276. The van der Waals surface area contributed by atoms with Gasteiger partial charge in [0.05, 0.1) is 0 Å². The number of anilines is 6. The summed E-state index contributed by atoms with van der Waals surface area (Å²) >= 11 is 0. The summed E-state index contributed by atoms with van der Waals surface area (Å²) in [6.45, 7) is 3.48. The first-order chi connectivity index (χ1) is 32.6. The molecule has 0 aliphatic heterocycles. The molecule has 346 valence electrons. The molecule has 18 nitrogen and oxygen atoms in total. The highest BCUT2D eigenvalue weighted by molar-refractivity contribution is 7.88. The topological polar surface area (TPSA) is 246 Å². The predicted molar refractivity (Wildman–Crippen MR) is 255 cm³/mol. The molecular weight excluding hydrogens is 917 g/mol. The van der Waals surface area contributed by atoms with E-state index in [4.69, 9.17) is 17.8 Å². The maximum absolute atomic E-state index is 13.4. The minimum Gasteiger partial charge on any atom is -0.410 e. The molecule has 0 fully saturated rings. The summed E-state index contributed by atoms with van der Waals surface area (Å²) in [6, 6.07) is 40.5. The molecule has 0 saturated carbocycles. The molecule has 7 aromatic carbocycles. The first-order valence-corrected chi connectivity index (χ1v) is 23.0. The number of nitrogens with one attached hydrogen (secondary N) is 6. The highest BCUT2D eigenvalue weighted by atomic mass is 32.2. The molecule has 6 amide bonds. The van der Waals surface area contributed by atoms with Crippen LogP contribution in [0.2, 0.25) is 0 Å². The average Bonchev–Trinajstić information content (AvgIpc) is 3.29. The number of ether oxygens (including phenoxy) is 2. The van der Waals surface area contributed by atoms with Crippen molar-refractivity contribution in [1.29, 1.82) is 0 Å². The first kappa shape index (κ1) is 47.1. The van der Waals surface area contributed by atoms with Gasteiger partial charge in [0.1, 0.15) is 32.8 Å². The maximum atomic E-state index is 13.4. The zero-order valence-electron chi connectivity index (χ0n) is 35.9. The van der Waals surface area contributed by atoms with E-state index in [1.54, 1.807) is 98.8 Å². The monoisotopic (exact) mass is 956 g/mol. The summed E-state index contributed by atoms with van der Waals surface area (Å²) < 4.78 is 74.9. The molecule has 0 bridgehead atoms. The normalized spacial score (nSPS) is 11.0. The zero-order chi connectivity index (χ0) is 48.3. The minimum atomic E-state index is -4.65. The molecule has 0 aromatic heterocycles. The van der Waals surface area contributed by atoms with Crippen LogP contribution in [0.3, 0.4) is 0 Å². The lowest BCUT2D eigenvalue weighted by atomic mass is 10.2. The van der Waals surface area contributed by atoms with Crippen LogP contribution in [0.1, 0.15) is 11.1 Å². The number of carbonyl (C=O) groups is 4. The molecule has 0 saturated heterocycles. The molecule has 68 heavy (non-hydrogen) atoms. The van der Waals surface area contributed by atoms with Crippen LogP contribution in [0.4, 0.5) is 53.3 Å². The van der Waals surface area contributed by atoms with Crippen LogP contribution in [0.25, 0.3) is 0 Å². The van der Waals surface area contributed by atoms with E-state index in [1.165, 1.54) is 66.7 Å². The van der Waals surface area contributed by atoms with Gasteiger partial charge in [-0.2, -0.15) is 16.8 Å². The van der Waals surface area contributed by atoms with Gasteiger partial charge in [-0.1, -0.05) is 66.7 Å². The van der Waals surface area contributed by atoms with Crippen LogP contribution in [0, 0.1) is 13.8 Å². The third kappa shape index (κ3) is 13.1. The number of rotatable bonds is 14. The van der Waals surface area contributed by atoms with Crippen LogP contribution < -0.4 is 49.7 Å². The predicted octanol–water partition coefficient (Wildman–Crippen LogP) is 10.3. The Labute approximate surface area is 390 Å². The Morgan fingerprint density at radius 1 is 0.368 bits per heavy atom. The second kappa shape index (κ2) is 21.0. The van der Waals surface area contributed by atoms with Crippen LogP contribution in [-0.4, -0.2) is 41.1 Å². The third-order valence-corrected chi connectivity index (χ3v) is 11.8. The van der Waals surface area contributed by atoms with Gasteiger partial charge in [-0.15, -0.1) is 0 Å². The van der Waals surface area contributed by atoms with Gasteiger partial charge in [-0.05, 0) is 116 Å². The number of carbonyl (C=O) groups excluding carboxylic acids is 4. The van der Waals surface area contributed by atoms with E-state index in [-0.39, 0.29) is 22.9 Å². The van der Waals surface area contributed by atoms with Crippen molar-refractivity contribution >= 4 is 78.6 Å². The molecule has 0 spiro atoms. The van der Waals surface area contributed by atoms with Crippen LogP contribution >= 0.6 is 0 Å². The quantitative estimate of drug-likeness (QED) is 0.0558. The number of amides is 6. The fourth-order valence-electron chi connectivity index (χ4n) is 6.10. The molecule has 0 atom stereocenters. The lowest BCUT2D eigenvalue weighted by Crippen LogP contribution is -2.21. The summed E-state index contributed by atoms with van der Waals surface area (Å²) in [6.07, 6.45) is -1.47. The Morgan fingerprint density at radius 2 is 0.735 bits per heavy atom. The second-order valence-electron chi connectivity index (χ2n) is 14.5. The smallest absolute Gasteiger partial charge is 0.410 e. The van der Waals surface area contributed by atoms with E-state index in [2.05, 4.69) is 31.9 Å². The van der Waals surface area contributed by atoms with E-state index >= 15 is 0 Å². The van der Waals surface area contributed by atoms with Crippen molar-refractivity contribution in [3.05, 3.63) is 181 Å². The summed E-state index contributed by atoms with van der Waals surface area (Å²) in [5.41, 5.74) is 3.03. The summed E-state index contributed by atoms with van der Waals surface area (Å²) in [7, 11) is -9.30. The Hall–Kier alpha value is -8.88. The fourth-order valence-corrected chi connectivity index (χ4v) is 8.12. The Morgan fingerprint density at radius 3 is 1.15 bits per heavy atom. The van der Waals surface area contributed by atoms with E-state index in [0.717, 1.165) is 18.2 Å². The molecule has 0 radical (unpaired) electrons. The van der Waals surface area contributed by atoms with Crippen molar-refractivity contribution in [3.63, 3.8) is 0 Å². The number of para-hydroxylation sites is 2. The zero-order valence-corrected chi connectivity index (χ0v) is 37.5. The lowest BCUT2D eigenvalue weighted by Gasteiger charge is -2.14. The largest absolute Gasteiger partial charge is 0.417 e. The summed E-state index contributed by atoms with van der Waals surface area (Å²) in [4.78, 5) is 49.8. The molecule has 0 unspecified atom stereocenters. The Bertz CT molecular complexity index is 3020. The van der Waals surface area contributed by atoms with Crippen molar-refractivity contribution in [2.75, 3.05) is 31.9 Å². The molecule has 6 N–H and O–H groups in total. The van der Waals surface area contributed by atoms with E-state index in [0.29, 0.717) is 45.4 Å². The minimum absolute atomic E-state index is 0.146. The number of benzene rings is 7. The Kier molecular flexibility index (Phi) is 14.5. The number of urea groups is 2. The second-order valence-corrected chi connectivity index (χ2v) is 17.6. The van der Waals surface area contributed by atoms with Crippen molar-refractivity contribution in [2.45, 2.75) is 23.6 Å². The standard InChI is InChI=1S/C48H40N6O12S2/c1-31-22-24-35(51-47(57)63-37-14-5-3-6-15-37)28-43(31)53-45(55)49-33-12-9-18-39(26-33)65-67(59,60)41-20-11-21-42(30-41)68(61,62)66-40-19-10-13-34(27-40)50-46(56)54-44-29-36(25-23-32(44)2)52-48(58)64-38-16-7-4-8-17-38/h3-30H,1-2H3,(H,51,57)(H,52,58)(H2,49,53,55)(H2,50,54,56). The van der Waals surface area contributed by atoms with Gasteiger partial charge in [0.25, 0.3) is 0 Å². The van der Waals surface area contributed by atoms with Crippen molar-refractivity contribution in [3.8, 4) is 23.0 Å². The average molecular weight is 957 g/mol. The van der Waals surface area contributed by atoms with Gasteiger partial charge in [-0.3, -0.25) is 10.6 Å². The van der Waals surface area contributed by atoms with Gasteiger partial charge in [0.2, 0.25) is 0 Å². The van der Waals surface area contributed by atoms with Gasteiger partial charge in [0.15, 0.2) is 0 Å². The SMILES string of the molecule is Cc1ccc(NC(=O)Oc2ccccc2)cc1NC(=O)Nc1cccc(OS(=O)(=O)c2cccc(S(=O)(=O)Oc3cccc(NC(=O)Nc4cc(NC(=O)Oc5ccccc5)ccc4C)c3)c2)c1. The maximum Gasteiger partial charge on any atom is 0.417 e. The van der Waals surface area contributed by atoms with Gasteiger partial charge < -0.3 is 39.1 Å². The van der Waals surface area contributed by atoms with Crippen LogP contribution in [0.15, 0.2) is 180 Å². The van der Waals surface area contributed by atoms with Crippen molar-refractivity contribution in [2.24, 2.45) is 0 Å².